The van der Waals surface area contributed by atoms with Gasteiger partial charge in [-0.3, -0.25) is 0 Å². The van der Waals surface area contributed by atoms with E-state index < -0.39 is 21.8 Å². The van der Waals surface area contributed by atoms with E-state index in [0.717, 1.165) is 0 Å². The Bertz CT molecular complexity index is 11.7. The van der Waals surface area contributed by atoms with Crippen LogP contribution in [0.2, 0.25) is 0 Å². The van der Waals surface area contributed by atoms with Crippen LogP contribution in [0.5, 0.6) is 0 Å². The van der Waals surface area contributed by atoms with Crippen molar-refractivity contribution in [1.29, 1.82) is 0 Å². The normalized spacial score (nSPS) is 2.57. The van der Waals surface area contributed by atoms with Crippen molar-refractivity contribution < 1.29 is 95.1 Å². The van der Waals surface area contributed by atoms with Crippen molar-refractivity contribution in [3.63, 3.8) is 0 Å². The summed E-state index contributed by atoms with van der Waals surface area (Å²) in [6.07, 6.45) is 0. The molecule has 34 valence electrons. The van der Waals surface area contributed by atoms with E-state index >= 15 is 0 Å². The molecule has 7 heteroatoms. The molecule has 0 aliphatic rings. The van der Waals surface area contributed by atoms with Crippen molar-refractivity contribution in [2.45, 2.75) is 0 Å². The SMILES string of the molecule is [Cl-].[Cl-].[Cl][Pb][Cl].[K+].[Li+]. The molecular weight excluding hydrogens is 395 g/mol. The standard InChI is InChI=1S/4ClH.K.Li.Pb/h4*1H;;;/q;;;;2*+1;+2/p-4. The molecule has 0 aromatic heterocycles. The third kappa shape index (κ3) is 38.3. The van der Waals surface area contributed by atoms with E-state index in [1.54, 1.807) is 0 Å². The van der Waals surface area contributed by atoms with Crippen LogP contribution in [0.15, 0.2) is 0 Å². The predicted octanol–water partition coefficient (Wildman–Crippen LogP) is -11.0. The van der Waals surface area contributed by atoms with Gasteiger partial charge in [0, 0.05) is 0 Å². The Morgan fingerprint density at radius 1 is 1.00 bits per heavy atom. The van der Waals surface area contributed by atoms with Crippen molar-refractivity contribution >= 4 is 38.4 Å². The van der Waals surface area contributed by atoms with Gasteiger partial charge >= 0.3 is 109 Å². The van der Waals surface area contributed by atoms with Gasteiger partial charge in [-0.2, -0.15) is 0 Å². The number of hydrogen-bond donors (Lipinski definition) is 0. The van der Waals surface area contributed by atoms with Crippen LogP contribution in [0.4, 0.5) is 0 Å². The smallest absolute Gasteiger partial charge is 1.00 e. The molecular formula is Cl4KLiPb. The molecule has 0 unspecified atom stereocenters. The number of hydrogen-bond acceptors (Lipinski definition) is 0. The van der Waals surface area contributed by atoms with E-state index in [-0.39, 0.29) is 95.1 Å². The van der Waals surface area contributed by atoms with Crippen LogP contribution >= 0.6 is 16.6 Å². The summed E-state index contributed by atoms with van der Waals surface area (Å²) in [5, 5.41) is 0. The van der Waals surface area contributed by atoms with E-state index in [1.165, 1.54) is 0 Å². The molecule has 0 rings (SSSR count). The van der Waals surface area contributed by atoms with Crippen LogP contribution in [0, 0.1) is 0 Å². The second-order valence-corrected chi connectivity index (χ2v) is 5.64. The molecule has 0 aromatic carbocycles. The molecule has 0 fully saturated rings. The van der Waals surface area contributed by atoms with Gasteiger partial charge < -0.3 is 24.8 Å². The van der Waals surface area contributed by atoms with Gasteiger partial charge in [-0.05, 0) is 0 Å². The van der Waals surface area contributed by atoms with Crippen LogP contribution in [-0.4, -0.2) is 21.8 Å². The van der Waals surface area contributed by atoms with Crippen molar-refractivity contribution in [2.24, 2.45) is 0 Å². The summed E-state index contributed by atoms with van der Waals surface area (Å²) in [7, 11) is 9.92. The van der Waals surface area contributed by atoms with Crippen LogP contribution in [0.25, 0.3) is 0 Å². The summed E-state index contributed by atoms with van der Waals surface area (Å²) in [6, 6.07) is 0. The van der Waals surface area contributed by atoms with Gasteiger partial charge in [0.15, 0.2) is 0 Å². The molecule has 7 heavy (non-hydrogen) atoms. The first-order chi connectivity index (χ1) is 1.41. The van der Waals surface area contributed by atoms with Crippen LogP contribution in [0.1, 0.15) is 0 Å². The molecule has 0 saturated carbocycles. The molecule has 0 heterocycles. The van der Waals surface area contributed by atoms with E-state index in [2.05, 4.69) is 0 Å². The van der Waals surface area contributed by atoms with E-state index in [9.17, 15) is 0 Å². The Labute approximate surface area is 130 Å². The van der Waals surface area contributed by atoms with Gasteiger partial charge in [-0.1, -0.05) is 0 Å². The Morgan fingerprint density at radius 2 is 1.00 bits per heavy atom. The molecule has 0 amide bonds. The molecule has 0 aliphatic carbocycles. The maximum atomic E-state index is 4.96. The summed E-state index contributed by atoms with van der Waals surface area (Å²) < 4.78 is 0. The van der Waals surface area contributed by atoms with Gasteiger partial charge in [-0.15, -0.1) is 0 Å². The van der Waals surface area contributed by atoms with Crippen molar-refractivity contribution in [3.05, 3.63) is 0 Å². The summed E-state index contributed by atoms with van der Waals surface area (Å²) in [5.41, 5.74) is 0. The molecule has 0 bridgehead atoms. The first kappa shape index (κ1) is 30.2. The molecule has 0 aromatic rings. The maximum Gasteiger partial charge on any atom is 1.00 e. The first-order valence-electron chi connectivity index (χ1n) is 0.378. The Hall–Kier alpha value is 4.32. The fourth-order valence-corrected chi connectivity index (χ4v) is 0. The third-order valence-electron chi connectivity index (χ3n) is 0. The minimum Gasteiger partial charge on any atom is 1.00 e. The number of rotatable bonds is 0. The second-order valence-electron chi connectivity index (χ2n) is 0.0714. The second kappa shape index (κ2) is 31.7. The monoisotopic (exact) mass is 394 g/mol. The average Bonchev–Trinajstić information content (AvgIpc) is 0.918. The predicted molar refractivity (Wildman–Crippen MR) is 17.5 cm³/mol. The van der Waals surface area contributed by atoms with Gasteiger partial charge in [-0.25, -0.2) is 0 Å². The summed E-state index contributed by atoms with van der Waals surface area (Å²) in [5.74, 6) is 0. The largest absolute Gasteiger partial charge is 1.00 e. The molecule has 0 nitrogen and oxygen atoms in total. The Kier molecular flexibility index (Phi) is 137. The van der Waals surface area contributed by atoms with Crippen LogP contribution in [0.3, 0.4) is 0 Å². The summed E-state index contributed by atoms with van der Waals surface area (Å²) in [6.45, 7) is 0. The minimum absolute atomic E-state index is 0. The van der Waals surface area contributed by atoms with E-state index in [4.69, 9.17) is 16.6 Å². The van der Waals surface area contributed by atoms with E-state index in [1.807, 2.05) is 0 Å². The average molecular weight is 395 g/mol. The Morgan fingerprint density at radius 3 is 1.00 bits per heavy atom. The number of halogens is 4. The quantitative estimate of drug-likeness (QED) is 0.358. The topological polar surface area (TPSA) is 0 Å². The van der Waals surface area contributed by atoms with Crippen LogP contribution in [-0.2, 0) is 0 Å². The molecule has 0 spiro atoms. The fourth-order valence-electron chi connectivity index (χ4n) is 0. The maximum absolute atomic E-state index is 4.96. The van der Waals surface area contributed by atoms with Gasteiger partial charge in [0.2, 0.25) is 0 Å². The molecule has 0 aliphatic heterocycles. The zero-order valence-corrected chi connectivity index (χ0v) is 14.0. The van der Waals surface area contributed by atoms with Gasteiger partial charge in [0.1, 0.15) is 0 Å². The third-order valence-corrected chi connectivity index (χ3v) is 0. The van der Waals surface area contributed by atoms with Crippen molar-refractivity contribution in [1.82, 2.24) is 0 Å². The van der Waals surface area contributed by atoms with E-state index in [0.29, 0.717) is 0 Å². The summed E-state index contributed by atoms with van der Waals surface area (Å²) in [4.78, 5) is 0. The van der Waals surface area contributed by atoms with Crippen molar-refractivity contribution in [3.8, 4) is 0 Å². The Balaban J connectivity index is -0.00000000333. The zero-order chi connectivity index (χ0) is 2.71. The first-order valence-corrected chi connectivity index (χ1v) is 9.95. The van der Waals surface area contributed by atoms with Crippen LogP contribution < -0.4 is 95.1 Å². The molecule has 0 atom stereocenters. The molecule has 0 saturated heterocycles. The zero-order valence-electron chi connectivity index (χ0n) is 4.01. The van der Waals surface area contributed by atoms with Gasteiger partial charge in [0.25, 0.3) is 0 Å². The van der Waals surface area contributed by atoms with Gasteiger partial charge in [0.05, 0.1) is 0 Å². The summed E-state index contributed by atoms with van der Waals surface area (Å²) >= 11 is -0.972. The fraction of sp³-hybridized carbons (Fsp3) is 0. The molecule has 2 radical (unpaired) electrons. The minimum atomic E-state index is -0.972. The molecule has 0 N–H and O–H groups in total. The van der Waals surface area contributed by atoms with Crippen molar-refractivity contribution in [2.75, 3.05) is 0 Å².